The van der Waals surface area contributed by atoms with Crippen LogP contribution in [0.15, 0.2) is 142 Å². The molecule has 15 nitrogen and oxygen atoms in total. The standard InChI is InChI=1S/C39H26ClN5O10/c1-2-38(54-34(50)27-17-10-5-11-18-27)35(53-33(49)26-15-8-4-9-16-26)39(42-43-41,24-52-32(48)28-19-12-20-29(40)23-28)55-36(38)44-22-21-30(46)45(37(44)51)31(47)25-13-6-3-7-14-25/h1,3-23,35-36H,24H2/t35-,36+,38+,39?/m0/s1. The number of carbonyl (C=O) groups is 4. The Morgan fingerprint density at radius 1 is 0.818 bits per heavy atom. The molecule has 1 saturated heterocycles. The van der Waals surface area contributed by atoms with E-state index in [-0.39, 0.29) is 31.8 Å². The summed E-state index contributed by atoms with van der Waals surface area (Å²) in [6, 6.07) is 28.7. The summed E-state index contributed by atoms with van der Waals surface area (Å²) in [6.45, 7) is -1.06. The van der Waals surface area contributed by atoms with Gasteiger partial charge in [-0.15, -0.1) is 6.42 Å². The minimum absolute atomic E-state index is 0.0441. The second-order valence-corrected chi connectivity index (χ2v) is 12.2. The van der Waals surface area contributed by atoms with Crippen molar-refractivity contribution >= 4 is 35.4 Å². The first-order chi connectivity index (χ1) is 26.5. The van der Waals surface area contributed by atoms with Crippen molar-refractivity contribution in [2.75, 3.05) is 6.61 Å². The number of hydrogen-bond donors (Lipinski definition) is 0. The minimum Gasteiger partial charge on any atom is -0.459 e. The summed E-state index contributed by atoms with van der Waals surface area (Å²) in [6.07, 6.45) is 2.73. The molecule has 4 atom stereocenters. The Bertz CT molecular complexity index is 2500. The van der Waals surface area contributed by atoms with E-state index in [0.717, 1.165) is 12.3 Å². The first kappa shape index (κ1) is 37.5. The van der Waals surface area contributed by atoms with Crippen LogP contribution in [0, 0.1) is 12.3 Å². The van der Waals surface area contributed by atoms with Gasteiger partial charge < -0.3 is 18.9 Å². The van der Waals surface area contributed by atoms with E-state index < -0.39 is 65.3 Å². The van der Waals surface area contributed by atoms with Gasteiger partial charge in [-0.1, -0.05) is 77.4 Å². The molecule has 0 radical (unpaired) electrons. The normalized spacial score (nSPS) is 19.9. The van der Waals surface area contributed by atoms with Crippen molar-refractivity contribution in [3.63, 3.8) is 0 Å². The van der Waals surface area contributed by atoms with Crippen LogP contribution in [-0.4, -0.2) is 57.0 Å². The second kappa shape index (κ2) is 15.8. The Kier molecular flexibility index (Phi) is 10.8. The molecule has 0 aliphatic carbocycles. The maximum absolute atomic E-state index is 14.3. The third kappa shape index (κ3) is 7.37. The van der Waals surface area contributed by atoms with Gasteiger partial charge in [0.1, 0.15) is 6.61 Å². The average molecular weight is 760 g/mol. The largest absolute Gasteiger partial charge is 0.459 e. The Morgan fingerprint density at radius 2 is 1.40 bits per heavy atom. The molecule has 1 unspecified atom stereocenters. The van der Waals surface area contributed by atoms with Gasteiger partial charge >= 0.3 is 23.6 Å². The molecule has 0 spiro atoms. The van der Waals surface area contributed by atoms with E-state index in [4.69, 9.17) is 37.0 Å². The molecule has 1 aliphatic heterocycles. The van der Waals surface area contributed by atoms with Crippen LogP contribution < -0.4 is 11.2 Å². The molecule has 2 heterocycles. The third-order valence-electron chi connectivity index (χ3n) is 8.38. The summed E-state index contributed by atoms with van der Waals surface area (Å²) in [4.78, 5) is 84.8. The Balaban J connectivity index is 1.57. The van der Waals surface area contributed by atoms with Gasteiger partial charge in [0.05, 0.1) is 16.7 Å². The number of esters is 3. The van der Waals surface area contributed by atoms with Crippen molar-refractivity contribution in [3.05, 3.63) is 186 Å². The van der Waals surface area contributed by atoms with Gasteiger partial charge in [0.2, 0.25) is 5.72 Å². The summed E-state index contributed by atoms with van der Waals surface area (Å²) >= 11 is 6.07. The topological polar surface area (TPSA) is 198 Å². The number of terminal acetylenes is 1. The maximum Gasteiger partial charge on any atom is 0.340 e. The fraction of sp³-hybridized carbons (Fsp3) is 0.128. The van der Waals surface area contributed by atoms with Gasteiger partial charge in [0.15, 0.2) is 12.3 Å². The van der Waals surface area contributed by atoms with Crippen LogP contribution >= 0.6 is 11.6 Å². The van der Waals surface area contributed by atoms with E-state index >= 15 is 0 Å². The van der Waals surface area contributed by atoms with Crippen molar-refractivity contribution in [1.82, 2.24) is 9.13 Å². The molecule has 274 valence electrons. The van der Waals surface area contributed by atoms with E-state index in [9.17, 15) is 34.3 Å². The van der Waals surface area contributed by atoms with Crippen molar-refractivity contribution in [2.24, 2.45) is 5.11 Å². The minimum atomic E-state index is -2.77. The molecular formula is C39H26ClN5O10. The quantitative estimate of drug-likeness (QED) is 0.0456. The number of aromatic nitrogens is 2. The smallest absolute Gasteiger partial charge is 0.340 e. The third-order valence-corrected chi connectivity index (χ3v) is 8.62. The number of nitrogens with zero attached hydrogens (tertiary/aromatic N) is 5. The zero-order valence-corrected chi connectivity index (χ0v) is 29.0. The SMILES string of the molecule is C#C[C@@]1(OC(=O)c2ccccc2)[C@H](OC(=O)c2ccccc2)C(COC(=O)c2cccc(Cl)c2)(N=[N+]=[N-])O[C@H]1n1ccc(=O)n(C(=O)c2ccccc2)c1=O. The van der Waals surface area contributed by atoms with Gasteiger partial charge in [0.25, 0.3) is 17.1 Å². The molecule has 1 aliphatic rings. The summed E-state index contributed by atoms with van der Waals surface area (Å²) in [5.74, 6) is -2.00. The first-order valence-electron chi connectivity index (χ1n) is 16.2. The highest BCUT2D eigenvalue weighted by atomic mass is 35.5. The van der Waals surface area contributed by atoms with Crippen molar-refractivity contribution in [1.29, 1.82) is 0 Å². The van der Waals surface area contributed by atoms with E-state index in [2.05, 4.69) is 15.9 Å². The zero-order chi connectivity index (χ0) is 39.2. The Hall–Kier alpha value is -7.24. The highest BCUT2D eigenvalue weighted by Crippen LogP contribution is 2.49. The fourth-order valence-corrected chi connectivity index (χ4v) is 5.98. The van der Waals surface area contributed by atoms with Crippen molar-refractivity contribution in [3.8, 4) is 12.3 Å². The predicted molar refractivity (Wildman–Crippen MR) is 194 cm³/mol. The van der Waals surface area contributed by atoms with E-state index in [1.54, 1.807) is 18.2 Å². The number of carbonyl (C=O) groups excluding carboxylic acids is 4. The molecule has 1 aromatic heterocycles. The molecule has 0 bridgehead atoms. The van der Waals surface area contributed by atoms with E-state index in [1.807, 2.05) is 0 Å². The van der Waals surface area contributed by atoms with Crippen molar-refractivity contribution < 1.29 is 38.1 Å². The summed E-state index contributed by atoms with van der Waals surface area (Å²) < 4.78 is 24.6. The lowest BCUT2D eigenvalue weighted by Gasteiger charge is -2.35. The average Bonchev–Trinajstić information content (AvgIpc) is 3.46. The number of halogens is 1. The molecule has 0 amide bonds. The highest BCUT2D eigenvalue weighted by molar-refractivity contribution is 6.30. The lowest BCUT2D eigenvalue weighted by molar-refractivity contribution is -0.130. The molecule has 1 fully saturated rings. The van der Waals surface area contributed by atoms with Crippen LogP contribution in [0.25, 0.3) is 10.4 Å². The van der Waals surface area contributed by atoms with Crippen LogP contribution in [-0.2, 0) is 18.9 Å². The molecule has 55 heavy (non-hydrogen) atoms. The number of benzene rings is 4. The second-order valence-electron chi connectivity index (χ2n) is 11.8. The number of hydrogen-bond acceptors (Lipinski definition) is 11. The van der Waals surface area contributed by atoms with Crippen molar-refractivity contribution in [2.45, 2.75) is 23.7 Å². The predicted octanol–water partition coefficient (Wildman–Crippen LogP) is 5.20. The van der Waals surface area contributed by atoms with Gasteiger partial charge in [-0.3, -0.25) is 14.2 Å². The molecule has 0 N–H and O–H groups in total. The molecule has 0 saturated carbocycles. The van der Waals surface area contributed by atoms with E-state index in [0.29, 0.717) is 4.57 Å². The molecule has 6 rings (SSSR count). The van der Waals surface area contributed by atoms with E-state index in [1.165, 1.54) is 97.1 Å². The monoisotopic (exact) mass is 759 g/mol. The van der Waals surface area contributed by atoms with Crippen LogP contribution in [0.2, 0.25) is 5.02 Å². The molecule has 4 aromatic carbocycles. The molecular weight excluding hydrogens is 734 g/mol. The van der Waals surface area contributed by atoms with Crippen LogP contribution in [0.5, 0.6) is 0 Å². The van der Waals surface area contributed by atoms with Gasteiger partial charge in [-0.2, -0.15) is 4.57 Å². The summed E-state index contributed by atoms with van der Waals surface area (Å²) in [5.41, 5.74) is 1.87. The number of rotatable bonds is 10. The number of ether oxygens (including phenoxy) is 4. The molecule has 16 heteroatoms. The fourth-order valence-electron chi connectivity index (χ4n) is 5.79. The summed E-state index contributed by atoms with van der Waals surface area (Å²) in [5, 5.41) is 3.94. The van der Waals surface area contributed by atoms with Gasteiger partial charge in [-0.05, 0) is 66.0 Å². The maximum atomic E-state index is 14.3. The van der Waals surface area contributed by atoms with Gasteiger partial charge in [0, 0.05) is 27.8 Å². The molecule has 5 aromatic rings. The Morgan fingerprint density at radius 3 is 1.98 bits per heavy atom. The summed E-state index contributed by atoms with van der Waals surface area (Å²) in [7, 11) is 0. The zero-order valence-electron chi connectivity index (χ0n) is 28.3. The Labute approximate surface area is 315 Å². The van der Waals surface area contributed by atoms with Crippen LogP contribution in [0.4, 0.5) is 0 Å². The first-order valence-corrected chi connectivity index (χ1v) is 16.5. The lowest BCUT2D eigenvalue weighted by atomic mass is 9.90. The highest BCUT2D eigenvalue weighted by Gasteiger charge is 2.70. The van der Waals surface area contributed by atoms with Crippen LogP contribution in [0.1, 0.15) is 47.7 Å². The number of azide groups is 1. The van der Waals surface area contributed by atoms with Crippen LogP contribution in [0.3, 0.4) is 0 Å². The van der Waals surface area contributed by atoms with Gasteiger partial charge in [-0.25, -0.2) is 19.2 Å². The lowest BCUT2D eigenvalue weighted by Crippen LogP contribution is -2.57.